The first-order chi connectivity index (χ1) is 5.29. The zero-order valence-corrected chi connectivity index (χ0v) is 6.84. The van der Waals surface area contributed by atoms with Crippen molar-refractivity contribution >= 4 is 22.5 Å². The van der Waals surface area contributed by atoms with Crippen LogP contribution in [-0.4, -0.2) is 9.55 Å². The number of pyridine rings is 1. The van der Waals surface area contributed by atoms with E-state index in [-0.39, 0.29) is 0 Å². The van der Waals surface area contributed by atoms with Crippen molar-refractivity contribution in [1.29, 1.82) is 0 Å². The Hall–Kier alpha value is -1.02. The zero-order valence-electron chi connectivity index (χ0n) is 6.08. The highest BCUT2D eigenvalue weighted by atomic mass is 35.5. The first kappa shape index (κ1) is 6.68. The number of fused-ring (bicyclic) bond motifs is 1. The molecular weight excluding hydrogens is 160 g/mol. The van der Waals surface area contributed by atoms with E-state index in [4.69, 9.17) is 11.6 Å². The number of halogens is 1. The molecular formula is C8H7ClN2. The maximum atomic E-state index is 5.93. The summed E-state index contributed by atoms with van der Waals surface area (Å²) in [6.07, 6.45) is 5.43. The molecule has 2 nitrogen and oxygen atoms in total. The van der Waals surface area contributed by atoms with Crippen LogP contribution in [0.5, 0.6) is 0 Å². The lowest BCUT2D eigenvalue weighted by Gasteiger charge is -1.91. The Bertz CT molecular complexity index is 356. The summed E-state index contributed by atoms with van der Waals surface area (Å²) in [5, 5.41) is 1.84. The fraction of sp³-hybridized carbons (Fsp3) is 0.125. The second-order valence-electron chi connectivity index (χ2n) is 2.48. The molecule has 0 aliphatic carbocycles. The molecule has 0 aliphatic rings. The SMILES string of the molecule is Cn1cc(Cl)c2ccncc21. The Morgan fingerprint density at radius 1 is 1.55 bits per heavy atom. The van der Waals surface area contributed by atoms with Crippen molar-refractivity contribution in [3.63, 3.8) is 0 Å². The predicted molar refractivity (Wildman–Crippen MR) is 45.7 cm³/mol. The summed E-state index contributed by atoms with van der Waals surface area (Å²) in [5.74, 6) is 0. The lowest BCUT2D eigenvalue weighted by atomic mass is 10.3. The van der Waals surface area contributed by atoms with E-state index in [1.54, 1.807) is 12.4 Å². The van der Waals surface area contributed by atoms with Crippen LogP contribution in [0.3, 0.4) is 0 Å². The molecule has 2 heterocycles. The first-order valence-electron chi connectivity index (χ1n) is 3.33. The van der Waals surface area contributed by atoms with Gasteiger partial charge in [-0.25, -0.2) is 0 Å². The van der Waals surface area contributed by atoms with E-state index in [0.717, 1.165) is 15.9 Å². The molecule has 0 radical (unpaired) electrons. The highest BCUT2D eigenvalue weighted by Crippen LogP contribution is 2.23. The van der Waals surface area contributed by atoms with Gasteiger partial charge < -0.3 is 4.57 Å². The van der Waals surface area contributed by atoms with Gasteiger partial charge in [-0.3, -0.25) is 4.98 Å². The number of hydrogen-bond acceptors (Lipinski definition) is 1. The van der Waals surface area contributed by atoms with Crippen LogP contribution in [0.2, 0.25) is 5.02 Å². The topological polar surface area (TPSA) is 17.8 Å². The molecule has 0 fully saturated rings. The van der Waals surface area contributed by atoms with Gasteiger partial charge in [0.25, 0.3) is 0 Å². The van der Waals surface area contributed by atoms with Crippen LogP contribution >= 0.6 is 11.6 Å². The Kier molecular flexibility index (Phi) is 1.36. The molecule has 56 valence electrons. The lowest BCUT2D eigenvalue weighted by Crippen LogP contribution is -1.83. The quantitative estimate of drug-likeness (QED) is 0.587. The molecule has 0 amide bonds. The molecule has 0 aliphatic heterocycles. The smallest absolute Gasteiger partial charge is 0.0679 e. The molecule has 0 bridgehead atoms. The molecule has 2 aromatic rings. The highest BCUT2D eigenvalue weighted by molar-refractivity contribution is 6.35. The van der Waals surface area contributed by atoms with Crippen molar-refractivity contribution in [1.82, 2.24) is 9.55 Å². The fourth-order valence-electron chi connectivity index (χ4n) is 1.18. The van der Waals surface area contributed by atoms with Crippen molar-refractivity contribution in [2.75, 3.05) is 0 Å². The zero-order chi connectivity index (χ0) is 7.84. The lowest BCUT2D eigenvalue weighted by molar-refractivity contribution is 0.965. The maximum Gasteiger partial charge on any atom is 0.0679 e. The number of aromatic nitrogens is 2. The molecule has 0 saturated carbocycles. The minimum Gasteiger partial charge on any atom is -0.348 e. The monoisotopic (exact) mass is 166 g/mol. The summed E-state index contributed by atoms with van der Waals surface area (Å²) >= 11 is 5.93. The summed E-state index contributed by atoms with van der Waals surface area (Å²) in [5.41, 5.74) is 1.07. The number of hydrogen-bond donors (Lipinski definition) is 0. The van der Waals surface area contributed by atoms with E-state index in [9.17, 15) is 0 Å². The molecule has 0 spiro atoms. The van der Waals surface area contributed by atoms with E-state index in [0.29, 0.717) is 0 Å². The molecule has 3 heteroatoms. The minimum absolute atomic E-state index is 0.782. The van der Waals surface area contributed by atoms with Crippen LogP contribution in [0.1, 0.15) is 0 Å². The highest BCUT2D eigenvalue weighted by Gasteiger charge is 2.01. The van der Waals surface area contributed by atoms with E-state index >= 15 is 0 Å². The van der Waals surface area contributed by atoms with Crippen LogP contribution in [0.4, 0.5) is 0 Å². The van der Waals surface area contributed by atoms with Gasteiger partial charge in [-0.1, -0.05) is 11.6 Å². The Balaban J connectivity index is 2.95. The normalized spacial score (nSPS) is 10.7. The van der Waals surface area contributed by atoms with Gasteiger partial charge in [0.15, 0.2) is 0 Å². The Labute approximate surface area is 69.4 Å². The number of aryl methyl sites for hydroxylation is 1. The summed E-state index contributed by atoms with van der Waals surface area (Å²) < 4.78 is 1.96. The predicted octanol–water partition coefficient (Wildman–Crippen LogP) is 2.23. The van der Waals surface area contributed by atoms with Crippen molar-refractivity contribution in [2.45, 2.75) is 0 Å². The van der Waals surface area contributed by atoms with Gasteiger partial charge in [-0.05, 0) is 6.07 Å². The van der Waals surface area contributed by atoms with E-state index in [1.807, 2.05) is 23.9 Å². The van der Waals surface area contributed by atoms with E-state index in [2.05, 4.69) is 4.98 Å². The molecule has 0 N–H and O–H groups in total. The molecule has 0 saturated heterocycles. The van der Waals surface area contributed by atoms with E-state index < -0.39 is 0 Å². The van der Waals surface area contributed by atoms with Gasteiger partial charge in [0.05, 0.1) is 16.7 Å². The van der Waals surface area contributed by atoms with Crippen molar-refractivity contribution in [3.8, 4) is 0 Å². The van der Waals surface area contributed by atoms with Gasteiger partial charge in [-0.2, -0.15) is 0 Å². The Morgan fingerprint density at radius 2 is 2.36 bits per heavy atom. The second-order valence-corrected chi connectivity index (χ2v) is 2.89. The minimum atomic E-state index is 0.782. The third kappa shape index (κ3) is 0.906. The molecule has 2 aromatic heterocycles. The third-order valence-electron chi connectivity index (χ3n) is 1.74. The van der Waals surface area contributed by atoms with Crippen LogP contribution in [0.25, 0.3) is 10.9 Å². The fourth-order valence-corrected chi connectivity index (χ4v) is 1.48. The molecule has 11 heavy (non-hydrogen) atoms. The summed E-state index contributed by atoms with van der Waals surface area (Å²) in [6, 6.07) is 1.91. The summed E-state index contributed by atoms with van der Waals surface area (Å²) in [7, 11) is 1.95. The molecule has 0 unspecified atom stereocenters. The van der Waals surface area contributed by atoms with Crippen molar-refractivity contribution in [2.24, 2.45) is 7.05 Å². The number of rotatable bonds is 0. The maximum absolute atomic E-state index is 5.93. The molecule has 0 atom stereocenters. The standard InChI is InChI=1S/C8H7ClN2/c1-11-5-7(9)6-2-3-10-4-8(6)11/h2-5H,1H3. The largest absolute Gasteiger partial charge is 0.348 e. The van der Waals surface area contributed by atoms with Crippen molar-refractivity contribution in [3.05, 3.63) is 29.7 Å². The van der Waals surface area contributed by atoms with Crippen molar-refractivity contribution < 1.29 is 0 Å². The van der Waals surface area contributed by atoms with Gasteiger partial charge in [0.2, 0.25) is 0 Å². The van der Waals surface area contributed by atoms with Crippen LogP contribution in [0.15, 0.2) is 24.7 Å². The second kappa shape index (κ2) is 2.24. The summed E-state index contributed by atoms with van der Waals surface area (Å²) in [6.45, 7) is 0. The average Bonchev–Trinajstić information content (AvgIpc) is 2.30. The Morgan fingerprint density at radius 3 is 3.09 bits per heavy atom. The first-order valence-corrected chi connectivity index (χ1v) is 3.71. The van der Waals surface area contributed by atoms with Gasteiger partial charge in [0.1, 0.15) is 0 Å². The number of nitrogens with zero attached hydrogens (tertiary/aromatic N) is 2. The van der Waals surface area contributed by atoms with Gasteiger partial charge >= 0.3 is 0 Å². The van der Waals surface area contributed by atoms with E-state index in [1.165, 1.54) is 0 Å². The van der Waals surface area contributed by atoms with Crippen LogP contribution < -0.4 is 0 Å². The third-order valence-corrected chi connectivity index (χ3v) is 2.05. The summed E-state index contributed by atoms with van der Waals surface area (Å²) in [4.78, 5) is 4.01. The van der Waals surface area contributed by atoms with Crippen LogP contribution in [-0.2, 0) is 7.05 Å². The average molecular weight is 167 g/mol. The van der Waals surface area contributed by atoms with Gasteiger partial charge in [-0.15, -0.1) is 0 Å². The molecule has 0 aromatic carbocycles. The molecule has 2 rings (SSSR count). The van der Waals surface area contributed by atoms with Crippen LogP contribution in [0, 0.1) is 0 Å². The van der Waals surface area contributed by atoms with Gasteiger partial charge in [0, 0.05) is 24.8 Å².